The molecule has 0 saturated carbocycles. The molecule has 2 aromatic rings. The zero-order chi connectivity index (χ0) is 23.8. The van der Waals surface area contributed by atoms with Gasteiger partial charge in [-0.25, -0.2) is 4.79 Å². The number of methoxy groups -OCH3 is 1. The smallest absolute Gasteiger partial charge is 0.338 e. The zero-order valence-electron chi connectivity index (χ0n) is 18.5. The van der Waals surface area contributed by atoms with Gasteiger partial charge in [0.2, 0.25) is 5.91 Å². The molecule has 0 aromatic heterocycles. The number of nitrogens with one attached hydrogen (secondary N) is 1. The minimum atomic E-state index is -0.689. The lowest BCUT2D eigenvalue weighted by atomic mass is 10.1. The molecule has 0 bridgehead atoms. The minimum Gasteiger partial charge on any atom is -0.495 e. The zero-order valence-corrected chi connectivity index (χ0v) is 18.5. The quantitative estimate of drug-likeness (QED) is 0.580. The van der Waals surface area contributed by atoms with Crippen molar-refractivity contribution in [3.05, 3.63) is 54.1 Å². The molecule has 2 amide bonds. The van der Waals surface area contributed by atoms with Crippen LogP contribution in [0.5, 0.6) is 5.75 Å². The number of para-hydroxylation sites is 2. The summed E-state index contributed by atoms with van der Waals surface area (Å²) in [5.41, 5.74) is 1.41. The van der Waals surface area contributed by atoms with Crippen LogP contribution >= 0.6 is 0 Å². The molecule has 9 heteroatoms. The second-order valence-electron chi connectivity index (χ2n) is 7.44. The summed E-state index contributed by atoms with van der Waals surface area (Å²) >= 11 is 0. The van der Waals surface area contributed by atoms with Gasteiger partial charge in [0, 0.05) is 18.7 Å². The monoisotopic (exact) mass is 454 g/mol. The van der Waals surface area contributed by atoms with Gasteiger partial charge in [-0.05, 0) is 42.8 Å². The van der Waals surface area contributed by atoms with Crippen molar-refractivity contribution in [1.29, 1.82) is 0 Å². The Morgan fingerprint density at radius 3 is 2.48 bits per heavy atom. The maximum atomic E-state index is 12.4. The van der Waals surface area contributed by atoms with Crippen molar-refractivity contribution in [3.63, 3.8) is 0 Å². The standard InChI is InChI=1S/C24H26N2O7/c1-3-12-32-23(29)16-8-10-18(11-9-16)26-14-17(13-22(26)28)24(30)33-15-21(27)25-19-6-4-5-7-20(19)31-2/h4-11,17H,3,12-15H2,1-2H3,(H,25,27)/t17-/m0/s1. The molecule has 0 aliphatic carbocycles. The first kappa shape index (κ1) is 23.8. The van der Waals surface area contributed by atoms with Crippen LogP contribution in [0.3, 0.4) is 0 Å². The van der Waals surface area contributed by atoms with Gasteiger partial charge in [0.25, 0.3) is 5.91 Å². The summed E-state index contributed by atoms with van der Waals surface area (Å²) in [6.45, 7) is 1.90. The highest BCUT2D eigenvalue weighted by Gasteiger charge is 2.36. The van der Waals surface area contributed by atoms with E-state index in [0.29, 0.717) is 29.3 Å². The number of carbonyl (C=O) groups is 4. The number of hydrogen-bond donors (Lipinski definition) is 1. The van der Waals surface area contributed by atoms with Crippen LogP contribution in [0.15, 0.2) is 48.5 Å². The summed E-state index contributed by atoms with van der Waals surface area (Å²) in [6.07, 6.45) is 0.707. The number of hydrogen-bond acceptors (Lipinski definition) is 7. The van der Waals surface area contributed by atoms with Crippen LogP contribution in [0, 0.1) is 5.92 Å². The first-order chi connectivity index (χ1) is 15.9. The molecular weight excluding hydrogens is 428 g/mol. The van der Waals surface area contributed by atoms with Gasteiger partial charge in [-0.3, -0.25) is 14.4 Å². The highest BCUT2D eigenvalue weighted by molar-refractivity contribution is 6.00. The third-order valence-electron chi connectivity index (χ3n) is 5.04. The van der Waals surface area contributed by atoms with Crippen molar-refractivity contribution in [1.82, 2.24) is 0 Å². The van der Waals surface area contributed by atoms with Crippen molar-refractivity contribution in [3.8, 4) is 5.75 Å². The fraction of sp³-hybridized carbons (Fsp3) is 0.333. The number of carbonyl (C=O) groups excluding carboxylic acids is 4. The molecule has 0 spiro atoms. The highest BCUT2D eigenvalue weighted by atomic mass is 16.5. The van der Waals surface area contributed by atoms with Crippen LogP contribution in [-0.2, 0) is 23.9 Å². The number of esters is 2. The summed E-state index contributed by atoms with van der Waals surface area (Å²) in [4.78, 5) is 50.4. The van der Waals surface area contributed by atoms with Crippen LogP contribution in [0.2, 0.25) is 0 Å². The van der Waals surface area contributed by atoms with E-state index in [0.717, 1.165) is 6.42 Å². The molecule has 1 N–H and O–H groups in total. The molecule has 3 rings (SSSR count). The molecule has 2 aromatic carbocycles. The molecule has 33 heavy (non-hydrogen) atoms. The van der Waals surface area contributed by atoms with E-state index in [1.54, 1.807) is 48.5 Å². The summed E-state index contributed by atoms with van der Waals surface area (Å²) in [7, 11) is 1.49. The first-order valence-electron chi connectivity index (χ1n) is 10.6. The van der Waals surface area contributed by atoms with Gasteiger partial charge in [-0.1, -0.05) is 19.1 Å². The molecule has 174 valence electrons. The Hall–Kier alpha value is -3.88. The van der Waals surface area contributed by atoms with Crippen molar-refractivity contribution in [2.24, 2.45) is 5.92 Å². The fourth-order valence-electron chi connectivity index (χ4n) is 3.36. The average molecular weight is 454 g/mol. The van der Waals surface area contributed by atoms with Crippen LogP contribution < -0.4 is 15.0 Å². The SMILES string of the molecule is CCCOC(=O)c1ccc(N2C[C@@H](C(=O)OCC(=O)Nc3ccccc3OC)CC2=O)cc1. The van der Waals surface area contributed by atoms with E-state index < -0.39 is 30.4 Å². The predicted octanol–water partition coefficient (Wildman–Crippen LogP) is 2.80. The number of rotatable bonds is 9. The minimum absolute atomic E-state index is 0.0206. The molecule has 9 nitrogen and oxygen atoms in total. The van der Waals surface area contributed by atoms with E-state index in [-0.39, 0.29) is 18.9 Å². The number of nitrogens with zero attached hydrogens (tertiary/aromatic N) is 1. The van der Waals surface area contributed by atoms with Gasteiger partial charge in [0.1, 0.15) is 5.75 Å². The summed E-state index contributed by atoms with van der Waals surface area (Å²) < 4.78 is 15.4. The topological polar surface area (TPSA) is 111 Å². The normalized spacial score (nSPS) is 15.2. The average Bonchev–Trinajstić information content (AvgIpc) is 3.23. The van der Waals surface area contributed by atoms with Gasteiger partial charge in [-0.15, -0.1) is 0 Å². The van der Waals surface area contributed by atoms with E-state index in [1.807, 2.05) is 6.92 Å². The van der Waals surface area contributed by atoms with Gasteiger partial charge in [0.05, 0.1) is 30.9 Å². The van der Waals surface area contributed by atoms with Crippen LogP contribution in [-0.4, -0.2) is 50.6 Å². The Balaban J connectivity index is 1.52. The number of amides is 2. The largest absolute Gasteiger partial charge is 0.495 e. The lowest BCUT2D eigenvalue weighted by Crippen LogP contribution is -2.28. The lowest BCUT2D eigenvalue weighted by Gasteiger charge is -2.17. The number of benzene rings is 2. The van der Waals surface area contributed by atoms with E-state index in [1.165, 1.54) is 12.0 Å². The Kier molecular flexibility index (Phi) is 8.01. The van der Waals surface area contributed by atoms with Crippen LogP contribution in [0.1, 0.15) is 30.1 Å². The second-order valence-corrected chi connectivity index (χ2v) is 7.44. The fourth-order valence-corrected chi connectivity index (χ4v) is 3.36. The molecule has 0 radical (unpaired) electrons. The second kappa shape index (κ2) is 11.1. The summed E-state index contributed by atoms with van der Waals surface area (Å²) in [5.74, 6) is -2.01. The van der Waals surface area contributed by atoms with Crippen molar-refractivity contribution in [2.45, 2.75) is 19.8 Å². The number of ether oxygens (including phenoxy) is 3. The maximum absolute atomic E-state index is 12.4. The Labute approximate surface area is 191 Å². The molecule has 1 heterocycles. The van der Waals surface area contributed by atoms with Gasteiger partial charge >= 0.3 is 11.9 Å². The van der Waals surface area contributed by atoms with Crippen molar-refractivity contribution in [2.75, 3.05) is 37.1 Å². The van der Waals surface area contributed by atoms with E-state index in [4.69, 9.17) is 14.2 Å². The Morgan fingerprint density at radius 1 is 1.06 bits per heavy atom. The third kappa shape index (κ3) is 6.09. The molecule has 1 aliphatic rings. The van der Waals surface area contributed by atoms with Crippen LogP contribution in [0.4, 0.5) is 11.4 Å². The molecule has 1 saturated heterocycles. The summed E-state index contributed by atoms with van der Waals surface area (Å²) in [5, 5.41) is 2.62. The molecule has 1 fully saturated rings. The summed E-state index contributed by atoms with van der Waals surface area (Å²) in [6, 6.07) is 13.3. The molecule has 1 aliphatic heterocycles. The molecular formula is C24H26N2O7. The van der Waals surface area contributed by atoms with Gasteiger partial charge in [0.15, 0.2) is 6.61 Å². The van der Waals surface area contributed by atoms with Crippen molar-refractivity contribution >= 4 is 35.1 Å². The maximum Gasteiger partial charge on any atom is 0.338 e. The predicted molar refractivity (Wildman–Crippen MR) is 120 cm³/mol. The third-order valence-corrected chi connectivity index (χ3v) is 5.04. The van der Waals surface area contributed by atoms with Crippen molar-refractivity contribution < 1.29 is 33.4 Å². The Bertz CT molecular complexity index is 1020. The van der Waals surface area contributed by atoms with Gasteiger partial charge in [-0.2, -0.15) is 0 Å². The van der Waals surface area contributed by atoms with Gasteiger partial charge < -0.3 is 24.4 Å². The first-order valence-corrected chi connectivity index (χ1v) is 10.6. The Morgan fingerprint density at radius 2 is 1.79 bits per heavy atom. The van der Waals surface area contributed by atoms with E-state index in [2.05, 4.69) is 5.32 Å². The molecule has 0 unspecified atom stereocenters. The molecule has 1 atom stereocenters. The van der Waals surface area contributed by atoms with E-state index in [9.17, 15) is 19.2 Å². The number of anilines is 2. The lowest BCUT2D eigenvalue weighted by molar-refractivity contribution is -0.151. The highest BCUT2D eigenvalue weighted by Crippen LogP contribution is 2.27. The van der Waals surface area contributed by atoms with E-state index >= 15 is 0 Å². The van der Waals surface area contributed by atoms with Crippen LogP contribution in [0.25, 0.3) is 0 Å².